The van der Waals surface area contributed by atoms with Crippen LogP contribution in [-0.2, 0) is 19.1 Å². The van der Waals surface area contributed by atoms with Crippen LogP contribution < -0.4 is 0 Å². The minimum atomic E-state index is -0.232. The van der Waals surface area contributed by atoms with Gasteiger partial charge >= 0.3 is 5.97 Å². The van der Waals surface area contributed by atoms with Gasteiger partial charge < -0.3 is 4.74 Å². The maximum Gasteiger partial charge on any atom is 0.302 e. The minimum absolute atomic E-state index is 0.0629. The highest BCUT2D eigenvalue weighted by Crippen LogP contribution is 2.67. The molecule has 0 aromatic rings. The second-order valence-corrected chi connectivity index (χ2v) is 9.99. The molecular weight excluding hydrogens is 340 g/mol. The molecule has 0 radical (unpaired) electrons. The van der Waals surface area contributed by atoms with Crippen LogP contribution in [0.15, 0.2) is 11.6 Å². The molecule has 27 heavy (non-hydrogen) atoms. The van der Waals surface area contributed by atoms with Gasteiger partial charge in [0.15, 0.2) is 5.78 Å². The van der Waals surface area contributed by atoms with E-state index in [0.29, 0.717) is 18.3 Å². The third kappa shape index (κ3) is 2.74. The molecule has 0 amide bonds. The molecule has 0 N–H and O–H groups in total. The highest BCUT2D eigenvalue weighted by molar-refractivity contribution is 5.91. The number of esters is 1. The lowest BCUT2D eigenvalue weighted by atomic mass is 9.46. The summed E-state index contributed by atoms with van der Waals surface area (Å²) in [7, 11) is 0. The van der Waals surface area contributed by atoms with Crippen molar-refractivity contribution in [3.8, 4) is 0 Å². The average molecular weight is 373 g/mol. The fourth-order valence-electron chi connectivity index (χ4n) is 7.64. The predicted molar refractivity (Wildman–Crippen MR) is 102 cm³/mol. The minimum Gasteiger partial charge on any atom is -0.462 e. The van der Waals surface area contributed by atoms with Gasteiger partial charge in [0.1, 0.15) is 11.9 Å². The van der Waals surface area contributed by atoms with E-state index in [2.05, 4.69) is 13.8 Å². The molecule has 4 aliphatic rings. The van der Waals surface area contributed by atoms with Crippen molar-refractivity contribution >= 4 is 17.5 Å². The summed E-state index contributed by atoms with van der Waals surface area (Å²) < 4.78 is 5.94. The van der Waals surface area contributed by atoms with Crippen molar-refractivity contribution in [3.05, 3.63) is 11.6 Å². The molecule has 4 heteroatoms. The maximum absolute atomic E-state index is 12.4. The van der Waals surface area contributed by atoms with Crippen LogP contribution in [0.3, 0.4) is 0 Å². The molecule has 4 aliphatic carbocycles. The van der Waals surface area contributed by atoms with Crippen LogP contribution in [0.4, 0.5) is 0 Å². The van der Waals surface area contributed by atoms with Crippen molar-refractivity contribution in [1.29, 1.82) is 0 Å². The quantitative estimate of drug-likeness (QED) is 0.679. The first-order valence-corrected chi connectivity index (χ1v) is 10.6. The summed E-state index contributed by atoms with van der Waals surface area (Å²) in [4.78, 5) is 36.4. The summed E-state index contributed by atoms with van der Waals surface area (Å²) in [6.45, 7) is 7.77. The van der Waals surface area contributed by atoms with Crippen molar-refractivity contribution in [2.75, 3.05) is 0 Å². The van der Waals surface area contributed by atoms with Gasteiger partial charge in [-0.15, -0.1) is 0 Å². The number of fused-ring (bicyclic) bond motifs is 5. The molecule has 0 aliphatic heterocycles. The van der Waals surface area contributed by atoms with Gasteiger partial charge in [-0.2, -0.15) is 0 Å². The van der Waals surface area contributed by atoms with Crippen LogP contribution in [0.5, 0.6) is 0 Å². The van der Waals surface area contributed by atoms with Crippen molar-refractivity contribution in [3.63, 3.8) is 0 Å². The highest BCUT2D eigenvalue weighted by atomic mass is 16.5. The SMILES string of the molecule is CC(=O)O[C@@H]1C[C@]2(C)[C@@H](C(C)=O)CC[C@H]2[C@@H]2CCC3=CC(=O)CC[C@]3(C)[C@H]21. The first-order valence-electron chi connectivity index (χ1n) is 10.6. The van der Waals surface area contributed by atoms with E-state index in [4.69, 9.17) is 4.74 Å². The Kier molecular flexibility index (Phi) is 4.40. The Morgan fingerprint density at radius 1 is 1.11 bits per heavy atom. The molecule has 7 atom stereocenters. The van der Waals surface area contributed by atoms with Crippen molar-refractivity contribution < 1.29 is 19.1 Å². The Morgan fingerprint density at radius 2 is 1.85 bits per heavy atom. The normalized spacial score (nSPS) is 46.0. The smallest absolute Gasteiger partial charge is 0.302 e. The molecule has 3 saturated carbocycles. The van der Waals surface area contributed by atoms with Gasteiger partial charge in [-0.3, -0.25) is 14.4 Å². The summed E-state index contributed by atoms with van der Waals surface area (Å²) in [6, 6.07) is 0. The summed E-state index contributed by atoms with van der Waals surface area (Å²) >= 11 is 0. The van der Waals surface area contributed by atoms with E-state index in [0.717, 1.165) is 38.5 Å². The summed E-state index contributed by atoms with van der Waals surface area (Å²) in [5.41, 5.74) is 1.13. The van der Waals surface area contributed by atoms with E-state index in [-0.39, 0.29) is 46.3 Å². The number of hydrogen-bond donors (Lipinski definition) is 0. The Labute approximate surface area is 162 Å². The van der Waals surface area contributed by atoms with Crippen LogP contribution in [-0.4, -0.2) is 23.6 Å². The summed E-state index contributed by atoms with van der Waals surface area (Å²) in [5, 5.41) is 0. The Bertz CT molecular complexity index is 722. The number of ether oxygens (including phenoxy) is 1. The zero-order valence-electron chi connectivity index (χ0n) is 17.0. The number of Topliss-reactive ketones (excluding diaryl/α,β-unsaturated/α-hetero) is 1. The fourth-order valence-corrected chi connectivity index (χ4v) is 7.64. The zero-order valence-corrected chi connectivity index (χ0v) is 17.0. The van der Waals surface area contributed by atoms with E-state index in [1.807, 2.05) is 6.08 Å². The van der Waals surface area contributed by atoms with E-state index in [1.165, 1.54) is 12.5 Å². The Morgan fingerprint density at radius 3 is 2.52 bits per heavy atom. The summed E-state index contributed by atoms with van der Waals surface area (Å²) in [5.74, 6) is 1.61. The Hall–Kier alpha value is -1.45. The Balaban J connectivity index is 1.77. The number of ketones is 2. The first-order chi connectivity index (χ1) is 12.7. The average Bonchev–Trinajstić information content (AvgIpc) is 2.91. The van der Waals surface area contributed by atoms with Crippen LogP contribution >= 0.6 is 0 Å². The van der Waals surface area contributed by atoms with Gasteiger partial charge in [-0.1, -0.05) is 19.4 Å². The molecule has 0 aromatic heterocycles. The fraction of sp³-hybridized carbons (Fsp3) is 0.783. The third-order valence-corrected chi connectivity index (χ3v) is 8.68. The van der Waals surface area contributed by atoms with Gasteiger partial charge in [0.2, 0.25) is 0 Å². The standard InChI is InChI=1S/C23H32O4/c1-13(24)18-7-8-19-17-6-5-15-11-16(26)9-10-22(15,3)21(17)20(27-14(2)25)12-23(18,19)4/h11,17-21H,5-10,12H2,1-4H3/t17-,18+,19-,20+,21+,22-,23+/m0/s1. The molecule has 0 spiro atoms. The number of carbonyl (C=O) groups excluding carboxylic acids is 3. The second-order valence-electron chi connectivity index (χ2n) is 9.99. The van der Waals surface area contributed by atoms with Crippen LogP contribution in [0.1, 0.15) is 72.6 Å². The van der Waals surface area contributed by atoms with Crippen LogP contribution in [0, 0.1) is 34.5 Å². The number of rotatable bonds is 2. The number of carbonyl (C=O) groups is 3. The molecule has 0 aromatic carbocycles. The predicted octanol–water partition coefficient (Wildman–Crippen LogP) is 4.27. The van der Waals surface area contributed by atoms with E-state index in [9.17, 15) is 14.4 Å². The third-order valence-electron chi connectivity index (χ3n) is 8.68. The van der Waals surface area contributed by atoms with Crippen LogP contribution in [0.25, 0.3) is 0 Å². The van der Waals surface area contributed by atoms with E-state index < -0.39 is 0 Å². The zero-order chi connectivity index (χ0) is 19.6. The molecule has 0 heterocycles. The molecule has 3 fully saturated rings. The monoisotopic (exact) mass is 372 g/mol. The second kappa shape index (κ2) is 6.28. The molecule has 0 saturated heterocycles. The molecule has 0 unspecified atom stereocenters. The van der Waals surface area contributed by atoms with E-state index >= 15 is 0 Å². The molecule has 148 valence electrons. The van der Waals surface area contributed by atoms with Crippen molar-refractivity contribution in [1.82, 2.24) is 0 Å². The van der Waals surface area contributed by atoms with Gasteiger partial charge in [-0.05, 0) is 74.2 Å². The lowest BCUT2D eigenvalue weighted by Crippen LogP contribution is -2.57. The van der Waals surface area contributed by atoms with E-state index in [1.54, 1.807) is 6.92 Å². The van der Waals surface area contributed by atoms with Gasteiger partial charge in [0.25, 0.3) is 0 Å². The molecule has 4 rings (SSSR count). The van der Waals surface area contributed by atoms with Gasteiger partial charge in [-0.25, -0.2) is 0 Å². The maximum atomic E-state index is 12.4. The largest absolute Gasteiger partial charge is 0.462 e. The molecule has 4 nitrogen and oxygen atoms in total. The topological polar surface area (TPSA) is 60.4 Å². The summed E-state index contributed by atoms with van der Waals surface area (Å²) in [6.07, 6.45) is 8.02. The van der Waals surface area contributed by atoms with Crippen LogP contribution in [0.2, 0.25) is 0 Å². The lowest BCUT2D eigenvalue weighted by Gasteiger charge is -2.60. The number of hydrogen-bond acceptors (Lipinski definition) is 4. The van der Waals surface area contributed by atoms with Gasteiger partial charge in [0, 0.05) is 25.2 Å². The highest BCUT2D eigenvalue weighted by Gasteiger charge is 2.63. The molecular formula is C23H32O4. The first kappa shape index (κ1) is 18.9. The van der Waals surface area contributed by atoms with Crippen molar-refractivity contribution in [2.45, 2.75) is 78.7 Å². The van der Waals surface area contributed by atoms with Gasteiger partial charge in [0.05, 0.1) is 0 Å². The lowest BCUT2D eigenvalue weighted by molar-refractivity contribution is -0.176. The molecule has 0 bridgehead atoms. The number of allylic oxidation sites excluding steroid dienone is 1. The van der Waals surface area contributed by atoms with Crippen molar-refractivity contribution in [2.24, 2.45) is 34.5 Å².